The molecule has 0 atom stereocenters. The first-order valence-electron chi connectivity index (χ1n) is 11.2. The summed E-state index contributed by atoms with van der Waals surface area (Å²) in [4.78, 5) is 23.7. The Balaban J connectivity index is 1.63. The van der Waals surface area contributed by atoms with Crippen LogP contribution in [0.15, 0.2) is 52.3 Å². The third-order valence-corrected chi connectivity index (χ3v) is 8.64. The molecule has 4 rings (SSSR count). The molecule has 0 unspecified atom stereocenters. The van der Waals surface area contributed by atoms with Crippen molar-refractivity contribution in [1.29, 1.82) is 0 Å². The molecular weight excluding hydrogens is 490 g/mol. The molecule has 7 nitrogen and oxygen atoms in total. The van der Waals surface area contributed by atoms with E-state index in [1.807, 2.05) is 24.3 Å². The first-order chi connectivity index (χ1) is 16.2. The molecule has 0 bridgehead atoms. The summed E-state index contributed by atoms with van der Waals surface area (Å²) >= 11 is 3.10. The van der Waals surface area contributed by atoms with Crippen LogP contribution in [0.5, 0.6) is 0 Å². The molecule has 0 aliphatic carbocycles. The second-order valence-electron chi connectivity index (χ2n) is 8.50. The monoisotopic (exact) mass is 519 g/mol. The van der Waals surface area contributed by atoms with Crippen LogP contribution >= 0.6 is 23.1 Å². The predicted octanol–water partition coefficient (Wildman–Crippen LogP) is 4.18. The zero-order valence-corrected chi connectivity index (χ0v) is 22.0. The van der Waals surface area contributed by atoms with Crippen LogP contribution in [-0.4, -0.2) is 75.1 Å². The highest BCUT2D eigenvalue weighted by Crippen LogP contribution is 2.32. The number of rotatable bonds is 8. The Hall–Kier alpha value is -1.98. The van der Waals surface area contributed by atoms with Crippen LogP contribution in [0.1, 0.15) is 24.2 Å². The van der Waals surface area contributed by atoms with E-state index in [0.29, 0.717) is 47.8 Å². The molecule has 1 aromatic heterocycles. The van der Waals surface area contributed by atoms with E-state index in [2.05, 4.69) is 23.7 Å². The van der Waals surface area contributed by atoms with E-state index in [-0.39, 0.29) is 10.8 Å². The van der Waals surface area contributed by atoms with Gasteiger partial charge in [0.1, 0.15) is 0 Å². The number of thioether (sulfide) groups is 1. The predicted molar refractivity (Wildman–Crippen MR) is 139 cm³/mol. The lowest BCUT2D eigenvalue weighted by molar-refractivity contribution is 0.0391. The summed E-state index contributed by atoms with van der Waals surface area (Å²) in [6, 6.07) is 12.6. The van der Waals surface area contributed by atoms with Gasteiger partial charge in [0.05, 0.1) is 28.3 Å². The van der Waals surface area contributed by atoms with E-state index >= 15 is 0 Å². The first kappa shape index (κ1) is 25.1. The summed E-state index contributed by atoms with van der Waals surface area (Å²) in [5.41, 5.74) is 1.28. The zero-order valence-electron chi connectivity index (χ0n) is 19.6. The molecule has 2 aromatic carbocycles. The number of sulfone groups is 1. The number of thiazole rings is 1. The maximum Gasteiger partial charge on any atom is 0.260 e. The highest BCUT2D eigenvalue weighted by atomic mass is 32.2. The van der Waals surface area contributed by atoms with Gasteiger partial charge in [0, 0.05) is 48.1 Å². The molecular formula is C24H29N3O4S3. The minimum atomic E-state index is -3.32. The van der Waals surface area contributed by atoms with Gasteiger partial charge in [-0.3, -0.25) is 14.6 Å². The van der Waals surface area contributed by atoms with Crippen LogP contribution in [0.25, 0.3) is 10.2 Å². The average Bonchev–Trinajstić information content (AvgIpc) is 3.22. The molecule has 1 aliphatic rings. The number of morpholine rings is 1. The molecule has 1 amide bonds. The minimum absolute atomic E-state index is 0.114. The quantitative estimate of drug-likeness (QED) is 0.413. The SMILES string of the molecule is CC(C)Sc1ccc(C(=O)N(CCN2CCOCC2)c2nc3ccc(S(C)(=O)=O)cc3s2)cc1. The maximum atomic E-state index is 13.6. The van der Waals surface area contributed by atoms with E-state index in [1.165, 1.54) is 17.6 Å². The Labute approximate surface area is 209 Å². The molecule has 34 heavy (non-hydrogen) atoms. The number of nitrogens with zero attached hydrogens (tertiary/aromatic N) is 3. The topological polar surface area (TPSA) is 79.8 Å². The fourth-order valence-corrected chi connectivity index (χ4v) is 6.28. The van der Waals surface area contributed by atoms with E-state index in [9.17, 15) is 13.2 Å². The van der Waals surface area contributed by atoms with Crippen LogP contribution in [0, 0.1) is 0 Å². The number of fused-ring (bicyclic) bond motifs is 1. The van der Waals surface area contributed by atoms with Crippen LogP contribution in [0.4, 0.5) is 5.13 Å². The molecule has 1 aliphatic heterocycles. The number of hydrogen-bond donors (Lipinski definition) is 0. The van der Waals surface area contributed by atoms with Crippen molar-refractivity contribution in [1.82, 2.24) is 9.88 Å². The average molecular weight is 520 g/mol. The third kappa shape index (κ3) is 6.17. The second-order valence-corrected chi connectivity index (χ2v) is 13.2. The standard InChI is InChI=1S/C24H29N3O4S3/c1-17(2)32-19-6-4-18(5-7-19)23(28)27(11-10-26-12-14-31-15-13-26)24-25-21-9-8-20(34(3,29)30)16-22(21)33-24/h4-9,16-17H,10-15H2,1-3H3. The highest BCUT2D eigenvalue weighted by molar-refractivity contribution is 7.99. The van der Waals surface area contributed by atoms with Crippen LogP contribution < -0.4 is 4.90 Å². The molecule has 1 fully saturated rings. The highest BCUT2D eigenvalue weighted by Gasteiger charge is 2.23. The lowest BCUT2D eigenvalue weighted by Gasteiger charge is -2.29. The van der Waals surface area contributed by atoms with Gasteiger partial charge in [-0.25, -0.2) is 13.4 Å². The van der Waals surface area contributed by atoms with E-state index in [0.717, 1.165) is 22.7 Å². The maximum absolute atomic E-state index is 13.6. The van der Waals surface area contributed by atoms with Gasteiger partial charge in [-0.1, -0.05) is 25.2 Å². The fraction of sp³-hybridized carbons (Fsp3) is 0.417. The number of anilines is 1. The van der Waals surface area contributed by atoms with Crippen molar-refractivity contribution in [2.75, 3.05) is 50.5 Å². The van der Waals surface area contributed by atoms with Gasteiger partial charge in [0.2, 0.25) is 0 Å². The van der Waals surface area contributed by atoms with Crippen molar-refractivity contribution in [2.45, 2.75) is 28.9 Å². The summed E-state index contributed by atoms with van der Waals surface area (Å²) in [6.45, 7) is 8.53. The molecule has 0 spiro atoms. The summed E-state index contributed by atoms with van der Waals surface area (Å²) in [5, 5.41) is 1.03. The van der Waals surface area contributed by atoms with E-state index in [4.69, 9.17) is 4.74 Å². The number of ether oxygens (including phenoxy) is 1. The van der Waals surface area contributed by atoms with Crippen molar-refractivity contribution in [3.63, 3.8) is 0 Å². The largest absolute Gasteiger partial charge is 0.379 e. The van der Waals surface area contributed by atoms with Crippen LogP contribution in [0.2, 0.25) is 0 Å². The fourth-order valence-electron chi connectivity index (χ4n) is 3.69. The Kier molecular flexibility index (Phi) is 7.94. The van der Waals surface area contributed by atoms with E-state index in [1.54, 1.807) is 34.9 Å². The molecule has 0 radical (unpaired) electrons. The Morgan fingerprint density at radius 3 is 2.53 bits per heavy atom. The van der Waals surface area contributed by atoms with Gasteiger partial charge in [-0.2, -0.15) is 0 Å². The van der Waals surface area contributed by atoms with Crippen LogP contribution in [-0.2, 0) is 14.6 Å². The first-order valence-corrected chi connectivity index (χ1v) is 14.8. The minimum Gasteiger partial charge on any atom is -0.379 e. The zero-order chi connectivity index (χ0) is 24.3. The van der Waals surface area contributed by atoms with Crippen molar-refractivity contribution < 1.29 is 17.9 Å². The molecule has 3 aromatic rings. The summed E-state index contributed by atoms with van der Waals surface area (Å²) in [6.07, 6.45) is 1.19. The summed E-state index contributed by atoms with van der Waals surface area (Å²) < 4.78 is 30.2. The number of hydrogen-bond acceptors (Lipinski definition) is 8. The van der Waals surface area contributed by atoms with Gasteiger partial charge in [0.15, 0.2) is 15.0 Å². The van der Waals surface area contributed by atoms with Crippen molar-refractivity contribution in [2.24, 2.45) is 0 Å². The Bertz CT molecular complexity index is 1250. The molecule has 0 N–H and O–H groups in total. The van der Waals surface area contributed by atoms with Gasteiger partial charge in [-0.05, 0) is 42.5 Å². The van der Waals surface area contributed by atoms with E-state index < -0.39 is 9.84 Å². The molecule has 1 saturated heterocycles. The molecule has 10 heteroatoms. The van der Waals surface area contributed by atoms with Crippen molar-refractivity contribution in [3.05, 3.63) is 48.0 Å². The number of carbonyl (C=O) groups is 1. The lowest BCUT2D eigenvalue weighted by atomic mass is 10.2. The second kappa shape index (κ2) is 10.7. The molecule has 2 heterocycles. The molecule has 182 valence electrons. The Morgan fingerprint density at radius 1 is 1.18 bits per heavy atom. The number of carbonyl (C=O) groups excluding carboxylic acids is 1. The number of benzene rings is 2. The van der Waals surface area contributed by atoms with Crippen molar-refractivity contribution >= 4 is 54.2 Å². The van der Waals surface area contributed by atoms with Gasteiger partial charge < -0.3 is 4.74 Å². The van der Waals surface area contributed by atoms with Gasteiger partial charge in [-0.15, -0.1) is 11.8 Å². The third-order valence-electron chi connectivity index (χ3n) is 5.47. The van der Waals surface area contributed by atoms with Crippen molar-refractivity contribution in [3.8, 4) is 0 Å². The lowest BCUT2D eigenvalue weighted by Crippen LogP contribution is -2.43. The number of amides is 1. The smallest absolute Gasteiger partial charge is 0.260 e. The van der Waals surface area contributed by atoms with Gasteiger partial charge >= 0.3 is 0 Å². The van der Waals surface area contributed by atoms with Crippen LogP contribution in [0.3, 0.4) is 0 Å². The summed E-state index contributed by atoms with van der Waals surface area (Å²) in [7, 11) is -3.32. The Morgan fingerprint density at radius 2 is 1.88 bits per heavy atom. The van der Waals surface area contributed by atoms with Gasteiger partial charge in [0.25, 0.3) is 5.91 Å². The normalized spacial score (nSPS) is 15.2. The molecule has 0 saturated carbocycles. The summed E-state index contributed by atoms with van der Waals surface area (Å²) in [5.74, 6) is -0.114. The number of aromatic nitrogens is 1.